The van der Waals surface area contributed by atoms with Crippen LogP contribution in [0.25, 0.3) is 0 Å². The Morgan fingerprint density at radius 2 is 1.76 bits per heavy atom. The van der Waals surface area contributed by atoms with Crippen molar-refractivity contribution in [2.75, 3.05) is 16.2 Å². The summed E-state index contributed by atoms with van der Waals surface area (Å²) in [5.41, 5.74) is 3.58. The van der Waals surface area contributed by atoms with Gasteiger partial charge in [-0.15, -0.1) is 0 Å². The maximum Gasteiger partial charge on any atom is 0.261 e. The van der Waals surface area contributed by atoms with E-state index in [4.69, 9.17) is 0 Å². The van der Waals surface area contributed by atoms with Gasteiger partial charge in [0.15, 0.2) is 0 Å². The molecule has 1 fully saturated rings. The molecule has 2 aliphatic rings. The first kappa shape index (κ1) is 20.0. The normalized spacial score (nSPS) is 17.0. The van der Waals surface area contributed by atoms with Crippen molar-refractivity contribution >= 4 is 27.3 Å². The Labute approximate surface area is 173 Å². The van der Waals surface area contributed by atoms with E-state index in [1.807, 2.05) is 29.2 Å². The van der Waals surface area contributed by atoms with Crippen molar-refractivity contribution in [2.24, 2.45) is 5.92 Å². The van der Waals surface area contributed by atoms with Crippen molar-refractivity contribution in [3.8, 4) is 0 Å². The molecule has 2 aromatic rings. The number of sulfonamides is 1. The number of benzene rings is 2. The first-order valence-electron chi connectivity index (χ1n) is 10.4. The standard InChI is InChI=1S/C23H28N2O3S/c1-16(2)17-7-10-21(11-8-17)29(27,28)24-20-9-12-22-19(15-20)13-14-25(22)23(26)18-5-3-4-6-18/h7-12,15-16,18,24H,3-6,13-14H2,1-2H3. The second-order valence-electron chi connectivity index (χ2n) is 8.39. The molecular formula is C23H28N2O3S. The number of anilines is 2. The second kappa shape index (κ2) is 7.82. The van der Waals surface area contributed by atoms with Gasteiger partial charge in [0.1, 0.15) is 0 Å². The van der Waals surface area contributed by atoms with Gasteiger partial charge in [-0.2, -0.15) is 0 Å². The number of carbonyl (C=O) groups is 1. The predicted molar refractivity (Wildman–Crippen MR) is 116 cm³/mol. The van der Waals surface area contributed by atoms with Crippen molar-refractivity contribution in [1.29, 1.82) is 0 Å². The summed E-state index contributed by atoms with van der Waals surface area (Å²) in [6.07, 6.45) is 4.99. The van der Waals surface area contributed by atoms with E-state index in [0.29, 0.717) is 18.2 Å². The Balaban J connectivity index is 1.51. The van der Waals surface area contributed by atoms with Gasteiger partial charge in [-0.1, -0.05) is 38.8 Å². The number of carbonyl (C=O) groups excluding carboxylic acids is 1. The van der Waals surface area contributed by atoms with Crippen LogP contribution in [0.1, 0.15) is 56.6 Å². The quantitative estimate of drug-likeness (QED) is 0.775. The van der Waals surface area contributed by atoms with Gasteiger partial charge < -0.3 is 4.90 Å². The first-order chi connectivity index (χ1) is 13.8. The highest BCUT2D eigenvalue weighted by Gasteiger charge is 2.32. The molecule has 0 aromatic heterocycles. The Hall–Kier alpha value is -2.34. The van der Waals surface area contributed by atoms with E-state index in [1.165, 1.54) is 0 Å². The number of hydrogen-bond donors (Lipinski definition) is 1. The fraction of sp³-hybridized carbons (Fsp3) is 0.435. The van der Waals surface area contributed by atoms with E-state index in [2.05, 4.69) is 18.6 Å². The molecule has 0 atom stereocenters. The van der Waals surface area contributed by atoms with Gasteiger partial charge in [-0.3, -0.25) is 9.52 Å². The van der Waals surface area contributed by atoms with Crippen LogP contribution >= 0.6 is 0 Å². The number of nitrogens with one attached hydrogen (secondary N) is 1. The van der Waals surface area contributed by atoms with Gasteiger partial charge in [0.25, 0.3) is 10.0 Å². The van der Waals surface area contributed by atoms with Crippen LogP contribution in [0.3, 0.4) is 0 Å². The van der Waals surface area contributed by atoms with E-state index in [9.17, 15) is 13.2 Å². The number of fused-ring (bicyclic) bond motifs is 1. The molecule has 1 heterocycles. The third-order valence-electron chi connectivity index (χ3n) is 6.05. The van der Waals surface area contributed by atoms with Crippen LogP contribution in [-0.2, 0) is 21.2 Å². The highest BCUT2D eigenvalue weighted by atomic mass is 32.2. The average molecular weight is 413 g/mol. The number of nitrogens with zero attached hydrogens (tertiary/aromatic N) is 1. The third kappa shape index (κ3) is 4.04. The van der Waals surface area contributed by atoms with Gasteiger partial charge in [0.2, 0.25) is 5.91 Å². The summed E-state index contributed by atoms with van der Waals surface area (Å²) in [5, 5.41) is 0. The fourth-order valence-corrected chi connectivity index (χ4v) is 5.38. The topological polar surface area (TPSA) is 66.5 Å². The molecule has 4 rings (SSSR count). The molecule has 0 bridgehead atoms. The molecule has 6 heteroatoms. The molecule has 1 aliphatic heterocycles. The van der Waals surface area contributed by atoms with E-state index in [1.54, 1.807) is 18.2 Å². The molecule has 1 amide bonds. The predicted octanol–water partition coefficient (Wildman–Crippen LogP) is 4.69. The van der Waals surface area contributed by atoms with Gasteiger partial charge in [-0.05, 0) is 66.6 Å². The Morgan fingerprint density at radius 3 is 2.41 bits per heavy atom. The molecule has 0 saturated heterocycles. The Bertz CT molecular complexity index is 1010. The van der Waals surface area contributed by atoms with Crippen LogP contribution in [-0.4, -0.2) is 20.9 Å². The molecule has 29 heavy (non-hydrogen) atoms. The van der Waals surface area contributed by atoms with Crippen molar-refractivity contribution in [3.63, 3.8) is 0 Å². The molecule has 2 aromatic carbocycles. The van der Waals surface area contributed by atoms with Crippen LogP contribution in [0.2, 0.25) is 0 Å². The minimum absolute atomic E-state index is 0.146. The lowest BCUT2D eigenvalue weighted by Gasteiger charge is -2.21. The second-order valence-corrected chi connectivity index (χ2v) is 10.1. The maximum absolute atomic E-state index is 12.8. The fourth-order valence-electron chi connectivity index (χ4n) is 4.33. The molecular weight excluding hydrogens is 384 g/mol. The van der Waals surface area contributed by atoms with E-state index in [0.717, 1.165) is 48.9 Å². The minimum atomic E-state index is -3.65. The molecule has 0 unspecified atom stereocenters. The summed E-state index contributed by atoms with van der Waals surface area (Å²) in [5.74, 6) is 0.721. The zero-order chi connectivity index (χ0) is 20.6. The van der Waals surface area contributed by atoms with Gasteiger partial charge in [0.05, 0.1) is 4.90 Å². The van der Waals surface area contributed by atoms with Gasteiger partial charge in [0, 0.05) is 23.8 Å². The highest BCUT2D eigenvalue weighted by molar-refractivity contribution is 7.92. The molecule has 1 saturated carbocycles. The van der Waals surface area contributed by atoms with E-state index in [-0.39, 0.29) is 16.7 Å². The molecule has 0 radical (unpaired) electrons. The first-order valence-corrected chi connectivity index (χ1v) is 11.9. The lowest BCUT2D eigenvalue weighted by atomic mass is 10.0. The Kier molecular flexibility index (Phi) is 5.38. The molecule has 5 nitrogen and oxygen atoms in total. The average Bonchev–Trinajstić information content (AvgIpc) is 3.37. The number of amides is 1. The van der Waals surface area contributed by atoms with Crippen molar-refractivity contribution in [2.45, 2.75) is 56.8 Å². The molecule has 154 valence electrons. The van der Waals surface area contributed by atoms with Crippen LogP contribution < -0.4 is 9.62 Å². The number of rotatable bonds is 5. The van der Waals surface area contributed by atoms with E-state index < -0.39 is 10.0 Å². The van der Waals surface area contributed by atoms with Crippen molar-refractivity contribution in [3.05, 3.63) is 53.6 Å². The number of hydrogen-bond acceptors (Lipinski definition) is 3. The largest absolute Gasteiger partial charge is 0.312 e. The van der Waals surface area contributed by atoms with Crippen LogP contribution in [0.5, 0.6) is 0 Å². The molecule has 0 spiro atoms. The zero-order valence-corrected chi connectivity index (χ0v) is 17.8. The van der Waals surface area contributed by atoms with Crippen LogP contribution in [0.4, 0.5) is 11.4 Å². The monoisotopic (exact) mass is 412 g/mol. The SMILES string of the molecule is CC(C)c1ccc(S(=O)(=O)Nc2ccc3c(c2)CCN3C(=O)C2CCCC2)cc1. The molecule has 1 aliphatic carbocycles. The maximum atomic E-state index is 12.8. The van der Waals surface area contributed by atoms with Crippen LogP contribution in [0, 0.1) is 5.92 Å². The molecule has 1 N–H and O–H groups in total. The van der Waals surface area contributed by atoms with Crippen molar-refractivity contribution < 1.29 is 13.2 Å². The summed E-state index contributed by atoms with van der Waals surface area (Å²) in [4.78, 5) is 14.9. The summed E-state index contributed by atoms with van der Waals surface area (Å²) < 4.78 is 28.2. The summed E-state index contributed by atoms with van der Waals surface area (Å²) in [7, 11) is -3.65. The van der Waals surface area contributed by atoms with Crippen molar-refractivity contribution in [1.82, 2.24) is 0 Å². The third-order valence-corrected chi connectivity index (χ3v) is 7.45. The summed E-state index contributed by atoms with van der Waals surface area (Å²) in [6.45, 7) is 4.83. The van der Waals surface area contributed by atoms with Crippen LogP contribution in [0.15, 0.2) is 47.4 Å². The summed E-state index contributed by atoms with van der Waals surface area (Å²) >= 11 is 0. The van der Waals surface area contributed by atoms with Gasteiger partial charge >= 0.3 is 0 Å². The highest BCUT2D eigenvalue weighted by Crippen LogP contribution is 2.35. The smallest absolute Gasteiger partial charge is 0.261 e. The minimum Gasteiger partial charge on any atom is -0.312 e. The summed E-state index contributed by atoms with van der Waals surface area (Å²) in [6, 6.07) is 12.5. The van der Waals surface area contributed by atoms with E-state index >= 15 is 0 Å². The zero-order valence-electron chi connectivity index (χ0n) is 17.0. The Morgan fingerprint density at radius 1 is 1.07 bits per heavy atom. The lowest BCUT2D eigenvalue weighted by molar-refractivity contribution is -0.122. The lowest BCUT2D eigenvalue weighted by Crippen LogP contribution is -2.33. The van der Waals surface area contributed by atoms with Gasteiger partial charge in [-0.25, -0.2) is 8.42 Å².